The summed E-state index contributed by atoms with van der Waals surface area (Å²) in [6.07, 6.45) is 7.52. The zero-order valence-corrected chi connectivity index (χ0v) is 16.1. The molecule has 1 aromatic rings. The minimum absolute atomic E-state index is 0.0583. The molecular weight excluding hydrogens is 374 g/mol. The highest BCUT2D eigenvalue weighted by Gasteiger charge is 2.51. The van der Waals surface area contributed by atoms with Crippen LogP contribution in [0.3, 0.4) is 0 Å². The van der Waals surface area contributed by atoms with E-state index in [0.717, 1.165) is 48.0 Å². The fourth-order valence-electron chi connectivity index (χ4n) is 5.77. The van der Waals surface area contributed by atoms with Gasteiger partial charge in [0.2, 0.25) is 15.9 Å². The number of nitrogens with zero attached hydrogens (tertiary/aromatic N) is 1. The molecule has 0 radical (unpaired) electrons. The molecule has 1 N–H and O–H groups in total. The first-order chi connectivity index (χ1) is 12.6. The van der Waals surface area contributed by atoms with E-state index in [2.05, 4.69) is 5.32 Å². The predicted octanol–water partition coefficient (Wildman–Crippen LogP) is 2.82. The first-order valence-corrected chi connectivity index (χ1v) is 11.2. The molecule has 1 aromatic carbocycles. The Kier molecular flexibility index (Phi) is 4.44. The van der Waals surface area contributed by atoms with Crippen LogP contribution in [0, 0.1) is 29.4 Å². The molecule has 0 unspecified atom stereocenters. The van der Waals surface area contributed by atoms with E-state index in [4.69, 9.17) is 0 Å². The number of sulfonamides is 1. The van der Waals surface area contributed by atoms with Crippen molar-refractivity contribution in [3.8, 4) is 0 Å². The minimum atomic E-state index is -3.83. The van der Waals surface area contributed by atoms with Gasteiger partial charge >= 0.3 is 0 Å². The highest BCUT2D eigenvalue weighted by molar-refractivity contribution is 7.92. The molecular formula is C19H24F2N2O3S. The summed E-state index contributed by atoms with van der Waals surface area (Å²) in [6.45, 7) is -0.439. The Balaban J connectivity index is 1.52. The summed E-state index contributed by atoms with van der Waals surface area (Å²) in [5, 5.41) is 3.11. The third kappa shape index (κ3) is 3.68. The van der Waals surface area contributed by atoms with Crippen LogP contribution in [0.1, 0.15) is 38.5 Å². The maximum absolute atomic E-state index is 13.6. The van der Waals surface area contributed by atoms with Crippen molar-refractivity contribution >= 4 is 21.6 Å². The molecule has 4 saturated carbocycles. The molecule has 4 aliphatic carbocycles. The van der Waals surface area contributed by atoms with Crippen molar-refractivity contribution in [1.82, 2.24) is 5.32 Å². The highest BCUT2D eigenvalue weighted by Crippen LogP contribution is 2.55. The third-order valence-electron chi connectivity index (χ3n) is 6.32. The standard InChI is InChI=1S/C19H24F2N2O3S/c1-27(25,26)23(15-2-3-16(20)17(21)7-15)11-18(24)22-19-8-12-4-13(9-19)6-14(5-12)10-19/h2-3,7,12-14H,4-6,8-11H2,1H3,(H,22,24). The number of hydrogen-bond acceptors (Lipinski definition) is 3. The summed E-state index contributed by atoms with van der Waals surface area (Å²) in [5.74, 6) is -0.670. The number of hydrogen-bond donors (Lipinski definition) is 1. The molecule has 27 heavy (non-hydrogen) atoms. The number of rotatable bonds is 5. The van der Waals surface area contributed by atoms with Crippen molar-refractivity contribution in [3.63, 3.8) is 0 Å². The van der Waals surface area contributed by atoms with Crippen molar-refractivity contribution in [2.75, 3.05) is 17.1 Å². The van der Waals surface area contributed by atoms with E-state index in [1.807, 2.05) is 0 Å². The first kappa shape index (κ1) is 18.7. The van der Waals surface area contributed by atoms with Gasteiger partial charge in [0, 0.05) is 11.6 Å². The second kappa shape index (κ2) is 6.43. The van der Waals surface area contributed by atoms with E-state index in [1.165, 1.54) is 19.3 Å². The molecule has 148 valence electrons. The van der Waals surface area contributed by atoms with E-state index in [0.29, 0.717) is 17.8 Å². The Morgan fingerprint density at radius 1 is 1.11 bits per heavy atom. The summed E-state index contributed by atoms with van der Waals surface area (Å²) in [5.41, 5.74) is -0.291. The van der Waals surface area contributed by atoms with Crippen LogP contribution in [0.15, 0.2) is 18.2 Å². The molecule has 1 amide bonds. The lowest BCUT2D eigenvalue weighted by atomic mass is 9.53. The number of nitrogens with one attached hydrogen (secondary N) is 1. The quantitative estimate of drug-likeness (QED) is 0.829. The van der Waals surface area contributed by atoms with Crippen molar-refractivity contribution in [2.45, 2.75) is 44.1 Å². The SMILES string of the molecule is CS(=O)(=O)N(CC(=O)NC12CC3CC(CC(C3)C1)C2)c1ccc(F)c(F)c1. The van der Waals surface area contributed by atoms with Crippen LogP contribution in [-0.4, -0.2) is 32.7 Å². The van der Waals surface area contributed by atoms with Gasteiger partial charge < -0.3 is 5.32 Å². The van der Waals surface area contributed by atoms with Gasteiger partial charge in [0.1, 0.15) is 6.54 Å². The van der Waals surface area contributed by atoms with E-state index >= 15 is 0 Å². The number of benzene rings is 1. The zero-order valence-electron chi connectivity index (χ0n) is 15.2. The summed E-state index contributed by atoms with van der Waals surface area (Å²) in [7, 11) is -3.83. The smallest absolute Gasteiger partial charge is 0.241 e. The molecule has 0 aliphatic heterocycles. The maximum atomic E-state index is 13.6. The molecule has 0 atom stereocenters. The fourth-order valence-corrected chi connectivity index (χ4v) is 6.62. The first-order valence-electron chi connectivity index (χ1n) is 9.37. The molecule has 4 fully saturated rings. The Labute approximate surface area is 158 Å². The van der Waals surface area contributed by atoms with Gasteiger partial charge in [-0.25, -0.2) is 17.2 Å². The van der Waals surface area contributed by atoms with Gasteiger partial charge in [-0.15, -0.1) is 0 Å². The van der Waals surface area contributed by atoms with Gasteiger partial charge in [-0.05, 0) is 68.4 Å². The molecule has 0 saturated heterocycles. The molecule has 4 aliphatic rings. The Bertz CT molecular complexity index is 836. The fraction of sp³-hybridized carbons (Fsp3) is 0.632. The average molecular weight is 398 g/mol. The number of amides is 1. The van der Waals surface area contributed by atoms with Gasteiger partial charge in [0.05, 0.1) is 11.9 Å². The molecule has 4 bridgehead atoms. The van der Waals surface area contributed by atoms with Crippen LogP contribution in [0.5, 0.6) is 0 Å². The minimum Gasteiger partial charge on any atom is -0.349 e. The van der Waals surface area contributed by atoms with E-state index < -0.39 is 34.1 Å². The second-order valence-electron chi connectivity index (χ2n) is 8.61. The lowest BCUT2D eigenvalue weighted by Crippen LogP contribution is -2.61. The molecule has 0 spiro atoms. The van der Waals surface area contributed by atoms with E-state index in [-0.39, 0.29) is 11.2 Å². The van der Waals surface area contributed by atoms with Gasteiger partial charge in [-0.1, -0.05) is 0 Å². The van der Waals surface area contributed by atoms with Gasteiger partial charge in [-0.2, -0.15) is 0 Å². The topological polar surface area (TPSA) is 66.5 Å². The summed E-state index contributed by atoms with van der Waals surface area (Å²) >= 11 is 0. The number of halogens is 2. The van der Waals surface area contributed by atoms with E-state index in [9.17, 15) is 22.0 Å². The van der Waals surface area contributed by atoms with Crippen molar-refractivity contribution in [1.29, 1.82) is 0 Å². The van der Waals surface area contributed by atoms with Crippen LogP contribution >= 0.6 is 0 Å². The molecule has 0 aromatic heterocycles. The lowest BCUT2D eigenvalue weighted by molar-refractivity contribution is -0.125. The normalized spacial score (nSPS) is 31.7. The van der Waals surface area contributed by atoms with Crippen LogP contribution in [0.2, 0.25) is 0 Å². The third-order valence-corrected chi connectivity index (χ3v) is 7.46. The number of carbonyl (C=O) groups is 1. The molecule has 5 nitrogen and oxygen atoms in total. The molecule has 0 heterocycles. The van der Waals surface area contributed by atoms with Crippen LogP contribution in [0.25, 0.3) is 0 Å². The van der Waals surface area contributed by atoms with E-state index in [1.54, 1.807) is 0 Å². The van der Waals surface area contributed by atoms with Crippen LogP contribution in [0.4, 0.5) is 14.5 Å². The summed E-state index contributed by atoms with van der Waals surface area (Å²) < 4.78 is 51.9. The largest absolute Gasteiger partial charge is 0.349 e. The van der Waals surface area contributed by atoms with Crippen molar-refractivity contribution in [3.05, 3.63) is 29.8 Å². The average Bonchev–Trinajstić information content (AvgIpc) is 2.52. The number of carbonyl (C=O) groups excluding carboxylic acids is 1. The Morgan fingerprint density at radius 2 is 1.67 bits per heavy atom. The molecule has 5 rings (SSSR count). The second-order valence-corrected chi connectivity index (χ2v) is 10.5. The maximum Gasteiger partial charge on any atom is 0.241 e. The van der Waals surface area contributed by atoms with Crippen molar-refractivity contribution in [2.24, 2.45) is 17.8 Å². The monoisotopic (exact) mass is 398 g/mol. The Morgan fingerprint density at radius 3 is 2.15 bits per heavy atom. The van der Waals surface area contributed by atoms with Gasteiger partial charge in [-0.3, -0.25) is 9.10 Å². The van der Waals surface area contributed by atoms with Gasteiger partial charge in [0.15, 0.2) is 11.6 Å². The summed E-state index contributed by atoms with van der Waals surface area (Å²) in [4.78, 5) is 12.7. The zero-order chi connectivity index (χ0) is 19.4. The summed E-state index contributed by atoms with van der Waals surface area (Å²) in [6, 6.07) is 2.83. The molecule has 8 heteroatoms. The van der Waals surface area contributed by atoms with Crippen LogP contribution < -0.4 is 9.62 Å². The van der Waals surface area contributed by atoms with Crippen molar-refractivity contribution < 1.29 is 22.0 Å². The lowest BCUT2D eigenvalue weighted by Gasteiger charge is -2.57. The highest BCUT2D eigenvalue weighted by atomic mass is 32.2. The van der Waals surface area contributed by atoms with Crippen LogP contribution in [-0.2, 0) is 14.8 Å². The predicted molar refractivity (Wildman–Crippen MR) is 97.6 cm³/mol. The Hall–Kier alpha value is -1.70. The van der Waals surface area contributed by atoms with Gasteiger partial charge in [0.25, 0.3) is 0 Å². The number of anilines is 1.